The molecule has 4 aromatic rings. The number of pyridine rings is 2. The van der Waals surface area contributed by atoms with Gasteiger partial charge in [0.1, 0.15) is 17.0 Å². The van der Waals surface area contributed by atoms with Gasteiger partial charge in [-0.3, -0.25) is 4.40 Å². The number of hydrogen-bond donors (Lipinski definition) is 0. The Morgan fingerprint density at radius 1 is 1.23 bits per heavy atom. The number of ether oxygens (including phenoxy) is 1. The topological polar surface area (TPSA) is 78.3 Å². The fourth-order valence-corrected chi connectivity index (χ4v) is 3.58. The van der Waals surface area contributed by atoms with Crippen molar-refractivity contribution in [3.63, 3.8) is 0 Å². The zero-order valence-electron chi connectivity index (χ0n) is 14.7. The van der Waals surface area contributed by atoms with Crippen LogP contribution in [0.4, 0.5) is 0 Å². The number of aromatic nitrogens is 5. The second-order valence-corrected chi connectivity index (χ2v) is 7.02. The summed E-state index contributed by atoms with van der Waals surface area (Å²) in [6.45, 7) is 5.92. The third kappa shape index (κ3) is 2.39. The lowest BCUT2D eigenvalue weighted by molar-refractivity contribution is 0.194. The van der Waals surface area contributed by atoms with Gasteiger partial charge < -0.3 is 9.15 Å². The maximum absolute atomic E-state index is 5.63. The van der Waals surface area contributed by atoms with Crippen LogP contribution in [0.25, 0.3) is 28.3 Å². The zero-order chi connectivity index (χ0) is 17.7. The van der Waals surface area contributed by atoms with E-state index in [0.29, 0.717) is 23.4 Å². The summed E-state index contributed by atoms with van der Waals surface area (Å²) in [5, 5.41) is 8.84. The molecule has 1 saturated heterocycles. The van der Waals surface area contributed by atoms with Crippen molar-refractivity contribution in [3.8, 4) is 11.6 Å². The number of fused-ring (bicyclic) bond motifs is 3. The quantitative estimate of drug-likeness (QED) is 0.563. The van der Waals surface area contributed by atoms with Crippen molar-refractivity contribution in [2.75, 3.05) is 13.2 Å². The van der Waals surface area contributed by atoms with Gasteiger partial charge in [0, 0.05) is 29.8 Å². The van der Waals surface area contributed by atoms with Gasteiger partial charge in [-0.2, -0.15) is 0 Å². The van der Waals surface area contributed by atoms with Crippen molar-refractivity contribution in [3.05, 3.63) is 42.0 Å². The summed E-state index contributed by atoms with van der Waals surface area (Å²) in [7, 11) is 0. The molecule has 0 aromatic carbocycles. The van der Waals surface area contributed by atoms with Gasteiger partial charge in [-0.15, -0.1) is 10.2 Å². The van der Waals surface area contributed by atoms with Gasteiger partial charge in [0.25, 0.3) is 5.89 Å². The molecule has 0 spiro atoms. The van der Waals surface area contributed by atoms with Crippen LogP contribution in [0.2, 0.25) is 0 Å². The molecule has 0 N–H and O–H groups in total. The minimum atomic E-state index is 0.342. The van der Waals surface area contributed by atoms with Crippen LogP contribution in [-0.2, 0) is 4.74 Å². The Hall–Kier alpha value is -2.80. The lowest BCUT2D eigenvalue weighted by Crippen LogP contribution is -2.05. The smallest absolute Gasteiger partial charge is 0.267 e. The SMILES string of the molecule is CC(C)c1cc(C2CCOC2)c2ccc3nc(-c4nnco4)cn3c2n1. The Kier molecular flexibility index (Phi) is 3.49. The first-order chi connectivity index (χ1) is 12.7. The van der Waals surface area contributed by atoms with Crippen molar-refractivity contribution in [2.45, 2.75) is 32.1 Å². The van der Waals surface area contributed by atoms with Crippen LogP contribution >= 0.6 is 0 Å². The molecule has 0 radical (unpaired) electrons. The molecule has 1 aliphatic heterocycles. The highest BCUT2D eigenvalue weighted by atomic mass is 16.5. The van der Waals surface area contributed by atoms with Gasteiger partial charge in [-0.05, 0) is 36.1 Å². The van der Waals surface area contributed by atoms with Crippen molar-refractivity contribution in [1.82, 2.24) is 24.6 Å². The molecule has 7 nitrogen and oxygen atoms in total. The molecule has 4 aromatic heterocycles. The molecule has 0 saturated carbocycles. The second kappa shape index (κ2) is 5.88. The molecule has 5 rings (SSSR count). The Morgan fingerprint density at radius 3 is 2.88 bits per heavy atom. The van der Waals surface area contributed by atoms with Crippen LogP contribution in [0.3, 0.4) is 0 Å². The average molecular weight is 349 g/mol. The summed E-state index contributed by atoms with van der Waals surface area (Å²) in [5.41, 5.74) is 4.77. The largest absolute Gasteiger partial charge is 0.422 e. The normalized spacial score (nSPS) is 17.7. The third-order valence-electron chi connectivity index (χ3n) is 4.99. The summed E-state index contributed by atoms with van der Waals surface area (Å²) in [6.07, 6.45) is 4.27. The lowest BCUT2D eigenvalue weighted by atomic mass is 9.93. The van der Waals surface area contributed by atoms with Crippen molar-refractivity contribution in [2.24, 2.45) is 0 Å². The Bertz CT molecular complexity index is 1080. The Labute approximate surface area is 150 Å². The molecule has 132 valence electrons. The van der Waals surface area contributed by atoms with E-state index >= 15 is 0 Å². The highest BCUT2D eigenvalue weighted by Crippen LogP contribution is 2.33. The fraction of sp³-hybridized carbons (Fsp3) is 0.368. The van der Waals surface area contributed by atoms with E-state index in [0.717, 1.165) is 42.0 Å². The van der Waals surface area contributed by atoms with Gasteiger partial charge in [0.05, 0.1) is 6.61 Å². The summed E-state index contributed by atoms with van der Waals surface area (Å²) in [4.78, 5) is 9.55. The number of hydrogen-bond acceptors (Lipinski definition) is 6. The molecule has 1 fully saturated rings. The average Bonchev–Trinajstić information content (AvgIpc) is 3.41. The van der Waals surface area contributed by atoms with Gasteiger partial charge in [-0.25, -0.2) is 9.97 Å². The van der Waals surface area contributed by atoms with Crippen molar-refractivity contribution in [1.29, 1.82) is 0 Å². The molecular formula is C19H19N5O2. The molecule has 0 amide bonds. The third-order valence-corrected chi connectivity index (χ3v) is 4.99. The van der Waals surface area contributed by atoms with E-state index < -0.39 is 0 Å². The van der Waals surface area contributed by atoms with Gasteiger partial charge in [-0.1, -0.05) is 13.8 Å². The molecule has 1 aliphatic rings. The first-order valence-corrected chi connectivity index (χ1v) is 8.87. The van der Waals surface area contributed by atoms with E-state index in [1.165, 1.54) is 12.0 Å². The minimum Gasteiger partial charge on any atom is -0.422 e. The molecule has 1 unspecified atom stereocenters. The van der Waals surface area contributed by atoms with E-state index in [4.69, 9.17) is 14.1 Å². The molecule has 26 heavy (non-hydrogen) atoms. The van der Waals surface area contributed by atoms with E-state index in [1.807, 2.05) is 16.7 Å². The number of imidazole rings is 1. The maximum Gasteiger partial charge on any atom is 0.267 e. The standard InChI is InChI=1S/C19H19N5O2/c1-11(2)15-7-14(12-5-6-25-9-12)13-3-4-17-21-16(19-23-20-10-26-19)8-24(17)18(13)22-15/h3-4,7-8,10-12H,5-6,9H2,1-2H3. The summed E-state index contributed by atoms with van der Waals surface area (Å²) in [6, 6.07) is 6.37. The second-order valence-electron chi connectivity index (χ2n) is 7.02. The summed E-state index contributed by atoms with van der Waals surface area (Å²) < 4.78 is 12.9. The highest BCUT2D eigenvalue weighted by molar-refractivity contribution is 5.83. The van der Waals surface area contributed by atoms with E-state index in [2.05, 4.69) is 41.2 Å². The zero-order valence-corrected chi connectivity index (χ0v) is 14.7. The van der Waals surface area contributed by atoms with Gasteiger partial charge >= 0.3 is 0 Å². The first kappa shape index (κ1) is 15.5. The van der Waals surface area contributed by atoms with Crippen molar-refractivity contribution >= 4 is 16.7 Å². The molecular weight excluding hydrogens is 330 g/mol. The minimum absolute atomic E-state index is 0.342. The van der Waals surface area contributed by atoms with E-state index in [1.54, 1.807) is 0 Å². The van der Waals surface area contributed by atoms with Gasteiger partial charge in [0.2, 0.25) is 6.39 Å². The van der Waals surface area contributed by atoms with Crippen LogP contribution in [-0.4, -0.2) is 37.8 Å². The summed E-state index contributed by atoms with van der Waals surface area (Å²) in [5.74, 6) is 1.16. The Balaban J connectivity index is 1.79. The number of rotatable bonds is 3. The molecule has 1 atom stereocenters. The van der Waals surface area contributed by atoms with Crippen molar-refractivity contribution < 1.29 is 9.15 Å². The van der Waals surface area contributed by atoms with Gasteiger partial charge in [0.15, 0.2) is 0 Å². The molecule has 0 aliphatic carbocycles. The van der Waals surface area contributed by atoms with E-state index in [9.17, 15) is 0 Å². The first-order valence-electron chi connectivity index (χ1n) is 8.87. The van der Waals surface area contributed by atoms with Crippen LogP contribution < -0.4 is 0 Å². The monoisotopic (exact) mass is 349 g/mol. The van der Waals surface area contributed by atoms with Crippen LogP contribution in [0.5, 0.6) is 0 Å². The maximum atomic E-state index is 5.63. The van der Waals surface area contributed by atoms with Crippen LogP contribution in [0, 0.1) is 0 Å². The Morgan fingerprint density at radius 2 is 2.15 bits per heavy atom. The molecule has 5 heterocycles. The highest BCUT2D eigenvalue weighted by Gasteiger charge is 2.23. The predicted molar refractivity (Wildman–Crippen MR) is 96.1 cm³/mol. The lowest BCUT2D eigenvalue weighted by Gasteiger charge is -2.16. The van der Waals surface area contributed by atoms with E-state index in [-0.39, 0.29) is 0 Å². The predicted octanol–water partition coefficient (Wildman–Crippen LogP) is 3.56. The molecule has 7 heteroatoms. The summed E-state index contributed by atoms with van der Waals surface area (Å²) >= 11 is 0. The molecule has 0 bridgehead atoms. The van der Waals surface area contributed by atoms with Crippen LogP contribution in [0.15, 0.2) is 35.2 Å². The van der Waals surface area contributed by atoms with Crippen LogP contribution in [0.1, 0.15) is 43.4 Å². The fourth-order valence-electron chi connectivity index (χ4n) is 3.58. The number of nitrogens with zero attached hydrogens (tertiary/aromatic N) is 5.